The summed E-state index contributed by atoms with van der Waals surface area (Å²) in [7, 11) is 0. The number of nitrogens with zero attached hydrogens (tertiary/aromatic N) is 1. The van der Waals surface area contributed by atoms with E-state index in [0.717, 1.165) is 11.1 Å². The predicted octanol–water partition coefficient (Wildman–Crippen LogP) is 1.98. The number of hydrogen-bond donors (Lipinski definition) is 1. The first-order valence-corrected chi connectivity index (χ1v) is 6.14. The summed E-state index contributed by atoms with van der Waals surface area (Å²) >= 11 is 4.83. The van der Waals surface area contributed by atoms with Crippen molar-refractivity contribution < 1.29 is 4.39 Å². The maximum atomic E-state index is 13.0. The molecule has 0 unspecified atom stereocenters. The summed E-state index contributed by atoms with van der Waals surface area (Å²) in [6.07, 6.45) is 1.66. The van der Waals surface area contributed by atoms with E-state index in [1.165, 1.54) is 16.7 Å². The maximum absolute atomic E-state index is 13.0. The minimum absolute atomic E-state index is 0.0789. The second kappa shape index (κ2) is 5.32. The third-order valence-electron chi connectivity index (χ3n) is 2.93. The zero-order valence-corrected chi connectivity index (χ0v) is 11.2. The monoisotopic (exact) mass is 276 g/mol. The highest BCUT2D eigenvalue weighted by Crippen LogP contribution is 2.11. The van der Waals surface area contributed by atoms with Crippen LogP contribution < -0.4 is 11.3 Å². The number of halogens is 1. The Kier molecular flexibility index (Phi) is 3.76. The summed E-state index contributed by atoms with van der Waals surface area (Å²) in [5.74, 6) is -0.287. The Labute approximate surface area is 115 Å². The average Bonchev–Trinajstić information content (AvgIpc) is 2.34. The van der Waals surface area contributed by atoms with Gasteiger partial charge in [-0.3, -0.25) is 4.79 Å². The highest BCUT2D eigenvalue weighted by molar-refractivity contribution is 7.80. The molecule has 2 rings (SSSR count). The van der Waals surface area contributed by atoms with Crippen LogP contribution in [0.5, 0.6) is 0 Å². The Hall–Kier alpha value is -2.01. The van der Waals surface area contributed by atoms with E-state index in [2.05, 4.69) is 0 Å². The van der Waals surface area contributed by atoms with E-state index in [9.17, 15) is 9.18 Å². The van der Waals surface area contributed by atoms with Crippen LogP contribution in [0.4, 0.5) is 4.39 Å². The summed E-state index contributed by atoms with van der Waals surface area (Å²) in [4.78, 5) is 12.2. The topological polar surface area (TPSA) is 48.0 Å². The molecule has 2 N–H and O–H groups in total. The molecular formula is C14H13FN2OS. The Morgan fingerprint density at radius 1 is 1.42 bits per heavy atom. The first-order chi connectivity index (χ1) is 8.99. The van der Waals surface area contributed by atoms with Gasteiger partial charge in [-0.2, -0.15) is 0 Å². The highest BCUT2D eigenvalue weighted by atomic mass is 32.1. The van der Waals surface area contributed by atoms with E-state index in [0.29, 0.717) is 12.1 Å². The summed E-state index contributed by atoms with van der Waals surface area (Å²) in [6.45, 7) is 2.17. The molecule has 0 saturated carbocycles. The van der Waals surface area contributed by atoms with Gasteiger partial charge in [-0.25, -0.2) is 4.39 Å². The summed E-state index contributed by atoms with van der Waals surface area (Å²) in [5, 5.41) is 0. The lowest BCUT2D eigenvalue weighted by molar-refractivity contribution is 0.624. The summed E-state index contributed by atoms with van der Waals surface area (Å²) in [5.41, 5.74) is 7.25. The zero-order valence-electron chi connectivity index (χ0n) is 10.4. The van der Waals surface area contributed by atoms with Gasteiger partial charge in [0.15, 0.2) is 0 Å². The largest absolute Gasteiger partial charge is 0.389 e. The Morgan fingerprint density at radius 2 is 2.16 bits per heavy atom. The van der Waals surface area contributed by atoms with Crippen LogP contribution in [0.2, 0.25) is 0 Å². The van der Waals surface area contributed by atoms with Gasteiger partial charge >= 0.3 is 0 Å². The molecule has 0 atom stereocenters. The minimum atomic E-state index is -0.287. The number of aryl methyl sites for hydroxylation is 1. The normalized spacial score (nSPS) is 10.4. The Balaban J connectivity index is 2.42. The summed E-state index contributed by atoms with van der Waals surface area (Å²) < 4.78 is 14.5. The van der Waals surface area contributed by atoms with Crippen LogP contribution in [0, 0.1) is 12.7 Å². The van der Waals surface area contributed by atoms with Crippen molar-refractivity contribution in [3.63, 3.8) is 0 Å². The average molecular weight is 276 g/mol. The Morgan fingerprint density at radius 3 is 2.79 bits per heavy atom. The molecule has 1 heterocycles. The number of rotatable bonds is 3. The van der Waals surface area contributed by atoms with Gasteiger partial charge in [0.25, 0.3) is 5.56 Å². The van der Waals surface area contributed by atoms with Gasteiger partial charge in [-0.15, -0.1) is 0 Å². The quantitative estimate of drug-likeness (QED) is 0.872. The number of hydrogen-bond acceptors (Lipinski definition) is 2. The maximum Gasteiger partial charge on any atom is 0.261 e. The fourth-order valence-corrected chi connectivity index (χ4v) is 2.02. The van der Waals surface area contributed by atoms with E-state index < -0.39 is 0 Å². The molecule has 0 bridgehead atoms. The molecule has 98 valence electrons. The molecule has 5 heteroatoms. The van der Waals surface area contributed by atoms with Crippen molar-refractivity contribution in [2.75, 3.05) is 0 Å². The second-order valence-electron chi connectivity index (χ2n) is 4.29. The lowest BCUT2D eigenvalue weighted by Gasteiger charge is -2.10. The van der Waals surface area contributed by atoms with E-state index in [4.69, 9.17) is 18.0 Å². The molecule has 0 aliphatic carbocycles. The van der Waals surface area contributed by atoms with Crippen LogP contribution in [-0.4, -0.2) is 9.56 Å². The molecule has 0 saturated heterocycles. The molecule has 0 amide bonds. The molecule has 0 aliphatic rings. The lowest BCUT2D eigenvalue weighted by Crippen LogP contribution is -2.28. The van der Waals surface area contributed by atoms with Gasteiger partial charge in [0.1, 0.15) is 10.8 Å². The molecule has 2 aromatic rings. The van der Waals surface area contributed by atoms with Crippen LogP contribution in [0.3, 0.4) is 0 Å². The van der Waals surface area contributed by atoms with Crippen molar-refractivity contribution in [2.45, 2.75) is 13.5 Å². The first-order valence-electron chi connectivity index (χ1n) is 5.73. The van der Waals surface area contributed by atoms with Gasteiger partial charge in [0.05, 0.1) is 12.1 Å². The molecule has 3 nitrogen and oxygen atoms in total. The van der Waals surface area contributed by atoms with Crippen molar-refractivity contribution in [1.82, 2.24) is 4.57 Å². The minimum Gasteiger partial charge on any atom is -0.389 e. The van der Waals surface area contributed by atoms with Gasteiger partial charge in [-0.1, -0.05) is 18.3 Å². The van der Waals surface area contributed by atoms with Crippen LogP contribution >= 0.6 is 12.2 Å². The van der Waals surface area contributed by atoms with Crippen molar-refractivity contribution in [3.8, 4) is 0 Å². The van der Waals surface area contributed by atoms with Crippen molar-refractivity contribution in [2.24, 2.45) is 5.73 Å². The number of benzene rings is 1. The summed E-state index contributed by atoms with van der Waals surface area (Å²) in [6, 6.07) is 7.81. The molecular weight excluding hydrogens is 263 g/mol. The van der Waals surface area contributed by atoms with Crippen LogP contribution in [0.1, 0.15) is 16.7 Å². The van der Waals surface area contributed by atoms with Gasteiger partial charge < -0.3 is 10.3 Å². The third kappa shape index (κ3) is 2.88. The molecule has 0 spiro atoms. The predicted molar refractivity (Wildman–Crippen MR) is 76.8 cm³/mol. The molecule has 1 aromatic heterocycles. The fourth-order valence-electron chi connectivity index (χ4n) is 1.87. The van der Waals surface area contributed by atoms with Gasteiger partial charge in [0.2, 0.25) is 0 Å². The molecule has 19 heavy (non-hydrogen) atoms. The Bertz CT molecular complexity index is 694. The first kappa shape index (κ1) is 13.4. The van der Waals surface area contributed by atoms with Gasteiger partial charge in [-0.05, 0) is 42.3 Å². The van der Waals surface area contributed by atoms with Crippen molar-refractivity contribution in [3.05, 3.63) is 69.4 Å². The van der Waals surface area contributed by atoms with Crippen molar-refractivity contribution >= 4 is 17.2 Å². The number of aromatic nitrogens is 1. The smallest absolute Gasteiger partial charge is 0.261 e. The van der Waals surface area contributed by atoms with Crippen LogP contribution in [-0.2, 0) is 6.54 Å². The number of thiocarbonyl (C=S) groups is 1. The number of pyridine rings is 1. The lowest BCUT2D eigenvalue weighted by atomic mass is 10.1. The highest BCUT2D eigenvalue weighted by Gasteiger charge is 2.07. The van der Waals surface area contributed by atoms with Crippen LogP contribution in [0.15, 0.2) is 41.3 Å². The molecule has 0 aliphatic heterocycles. The molecule has 1 aromatic carbocycles. The SMILES string of the molecule is Cc1cc(F)ccc1Cn1cccc(C(N)=S)c1=O. The van der Waals surface area contributed by atoms with Crippen LogP contribution in [0.25, 0.3) is 0 Å². The van der Waals surface area contributed by atoms with E-state index in [1.807, 2.05) is 0 Å². The standard InChI is InChI=1S/C14H13FN2OS/c1-9-7-11(15)5-4-10(9)8-17-6-2-3-12(13(16)19)14(17)18/h2-7H,8H2,1H3,(H2,16,19). The van der Waals surface area contributed by atoms with E-state index >= 15 is 0 Å². The number of nitrogens with two attached hydrogens (primary N) is 1. The molecule has 0 fully saturated rings. The van der Waals surface area contributed by atoms with E-state index in [-0.39, 0.29) is 16.4 Å². The van der Waals surface area contributed by atoms with Gasteiger partial charge in [0, 0.05) is 6.20 Å². The van der Waals surface area contributed by atoms with Crippen molar-refractivity contribution in [1.29, 1.82) is 0 Å². The van der Waals surface area contributed by atoms with E-state index in [1.54, 1.807) is 31.3 Å². The molecule has 0 radical (unpaired) electrons. The third-order valence-corrected chi connectivity index (χ3v) is 3.15. The second-order valence-corrected chi connectivity index (χ2v) is 4.73. The fraction of sp³-hybridized carbons (Fsp3) is 0.143. The zero-order chi connectivity index (χ0) is 14.0.